The van der Waals surface area contributed by atoms with Gasteiger partial charge in [-0.25, -0.2) is 0 Å². The van der Waals surface area contributed by atoms with Gasteiger partial charge >= 0.3 is 0 Å². The first-order valence-electron chi connectivity index (χ1n) is 8.44. The molecule has 0 bridgehead atoms. The van der Waals surface area contributed by atoms with Gasteiger partial charge in [-0.3, -0.25) is 4.79 Å². The molecule has 0 spiro atoms. The van der Waals surface area contributed by atoms with E-state index in [-0.39, 0.29) is 11.9 Å². The largest absolute Gasteiger partial charge is 0.381 e. The number of carbonyl (C=O) groups excluding carboxylic acids is 1. The van der Waals surface area contributed by atoms with E-state index in [2.05, 4.69) is 41.4 Å². The van der Waals surface area contributed by atoms with Gasteiger partial charge in [0.25, 0.3) is 0 Å². The number of hydrogen-bond acceptors (Lipinski definition) is 3. The van der Waals surface area contributed by atoms with Crippen LogP contribution >= 0.6 is 0 Å². The van der Waals surface area contributed by atoms with Gasteiger partial charge in [0, 0.05) is 39.3 Å². The van der Waals surface area contributed by atoms with Crippen molar-refractivity contribution in [1.29, 1.82) is 0 Å². The van der Waals surface area contributed by atoms with E-state index < -0.39 is 0 Å². The highest BCUT2D eigenvalue weighted by Crippen LogP contribution is 2.26. The van der Waals surface area contributed by atoms with Crippen molar-refractivity contribution in [1.82, 2.24) is 10.2 Å². The summed E-state index contributed by atoms with van der Waals surface area (Å²) >= 11 is 0. The first kappa shape index (κ1) is 15.5. The van der Waals surface area contributed by atoms with Crippen molar-refractivity contribution in [2.75, 3.05) is 32.8 Å². The molecule has 4 nitrogen and oxygen atoms in total. The van der Waals surface area contributed by atoms with Crippen LogP contribution in [0.15, 0.2) is 24.3 Å². The minimum atomic E-state index is 0.162. The second-order valence-electron chi connectivity index (χ2n) is 6.34. The number of piperazine rings is 1. The van der Waals surface area contributed by atoms with Crippen molar-refractivity contribution in [2.45, 2.75) is 32.2 Å². The second kappa shape index (κ2) is 7.25. The Morgan fingerprint density at radius 1 is 1.36 bits per heavy atom. The number of benzene rings is 1. The number of rotatable bonds is 4. The molecule has 120 valence electrons. The van der Waals surface area contributed by atoms with Crippen molar-refractivity contribution in [3.8, 4) is 0 Å². The highest BCUT2D eigenvalue weighted by Gasteiger charge is 2.30. The molecule has 2 aliphatic heterocycles. The second-order valence-corrected chi connectivity index (χ2v) is 6.34. The fraction of sp³-hybridized carbons (Fsp3) is 0.611. The van der Waals surface area contributed by atoms with Crippen LogP contribution in [0.2, 0.25) is 0 Å². The summed E-state index contributed by atoms with van der Waals surface area (Å²) in [5.74, 6) is 0.687. The Kier molecular flexibility index (Phi) is 5.11. The molecule has 2 aliphatic rings. The SMILES string of the molecule is CCc1ccc(C2CNCCN2C(=O)CC2CCOC2)cc1. The average molecular weight is 302 g/mol. The van der Waals surface area contributed by atoms with Crippen molar-refractivity contribution in [3.63, 3.8) is 0 Å². The zero-order valence-corrected chi connectivity index (χ0v) is 13.4. The smallest absolute Gasteiger partial charge is 0.223 e. The summed E-state index contributed by atoms with van der Waals surface area (Å²) in [7, 11) is 0. The normalized spacial score (nSPS) is 25.4. The van der Waals surface area contributed by atoms with Gasteiger partial charge < -0.3 is 15.0 Å². The standard InChI is InChI=1S/C18H26N2O2/c1-2-14-3-5-16(6-4-14)17-12-19-8-9-20(17)18(21)11-15-7-10-22-13-15/h3-6,15,17,19H,2,7-13H2,1H3. The summed E-state index contributed by atoms with van der Waals surface area (Å²) in [5, 5.41) is 3.42. The Hall–Kier alpha value is -1.39. The number of amides is 1. The summed E-state index contributed by atoms with van der Waals surface area (Å²) in [6.07, 6.45) is 2.70. The Morgan fingerprint density at radius 3 is 2.86 bits per heavy atom. The van der Waals surface area contributed by atoms with Crippen LogP contribution in [-0.2, 0) is 16.0 Å². The van der Waals surface area contributed by atoms with Crippen molar-refractivity contribution in [3.05, 3.63) is 35.4 Å². The van der Waals surface area contributed by atoms with Crippen LogP contribution in [0.5, 0.6) is 0 Å². The molecule has 1 aromatic rings. The summed E-state index contributed by atoms with van der Waals surface area (Å²) in [6.45, 7) is 6.24. The lowest BCUT2D eigenvalue weighted by Crippen LogP contribution is -2.49. The van der Waals surface area contributed by atoms with E-state index in [4.69, 9.17) is 4.74 Å². The molecule has 22 heavy (non-hydrogen) atoms. The minimum Gasteiger partial charge on any atom is -0.381 e. The molecule has 3 rings (SSSR count). The molecule has 2 unspecified atom stereocenters. The average Bonchev–Trinajstić information content (AvgIpc) is 3.08. The molecule has 0 aromatic heterocycles. The van der Waals surface area contributed by atoms with Crippen LogP contribution in [0.25, 0.3) is 0 Å². The number of nitrogens with zero attached hydrogens (tertiary/aromatic N) is 1. The highest BCUT2D eigenvalue weighted by atomic mass is 16.5. The van der Waals surface area contributed by atoms with Crippen molar-refractivity contribution >= 4 is 5.91 Å². The van der Waals surface area contributed by atoms with Gasteiger partial charge in [-0.1, -0.05) is 31.2 Å². The van der Waals surface area contributed by atoms with Gasteiger partial charge in [0.05, 0.1) is 6.04 Å². The van der Waals surface area contributed by atoms with Gasteiger partial charge in [-0.05, 0) is 29.9 Å². The van der Waals surface area contributed by atoms with Crippen LogP contribution in [0.1, 0.15) is 36.9 Å². The van der Waals surface area contributed by atoms with Crippen LogP contribution in [0, 0.1) is 5.92 Å². The van der Waals surface area contributed by atoms with E-state index in [9.17, 15) is 4.79 Å². The van der Waals surface area contributed by atoms with Crippen molar-refractivity contribution < 1.29 is 9.53 Å². The third kappa shape index (κ3) is 3.50. The van der Waals surface area contributed by atoms with E-state index >= 15 is 0 Å². The van der Waals surface area contributed by atoms with Crippen LogP contribution in [0.4, 0.5) is 0 Å². The Morgan fingerprint density at radius 2 is 2.18 bits per heavy atom. The molecular weight excluding hydrogens is 276 g/mol. The fourth-order valence-electron chi connectivity index (χ4n) is 3.38. The Labute approximate surface area is 132 Å². The number of ether oxygens (including phenoxy) is 1. The zero-order chi connectivity index (χ0) is 15.4. The fourth-order valence-corrected chi connectivity index (χ4v) is 3.38. The molecule has 1 N–H and O–H groups in total. The van der Waals surface area contributed by atoms with Gasteiger partial charge in [-0.15, -0.1) is 0 Å². The molecule has 0 radical (unpaired) electrons. The summed E-state index contributed by atoms with van der Waals surface area (Å²) < 4.78 is 5.40. The first-order chi connectivity index (χ1) is 10.8. The van der Waals surface area contributed by atoms with E-state index in [1.165, 1.54) is 11.1 Å². The molecule has 1 aromatic carbocycles. The predicted molar refractivity (Wildman–Crippen MR) is 86.7 cm³/mol. The van der Waals surface area contributed by atoms with Gasteiger partial charge in [0.2, 0.25) is 5.91 Å². The van der Waals surface area contributed by atoms with Gasteiger partial charge in [0.15, 0.2) is 0 Å². The Balaban J connectivity index is 1.70. The molecule has 0 saturated carbocycles. The van der Waals surface area contributed by atoms with Crippen molar-refractivity contribution in [2.24, 2.45) is 5.92 Å². The van der Waals surface area contributed by atoms with E-state index in [0.29, 0.717) is 12.3 Å². The summed E-state index contributed by atoms with van der Waals surface area (Å²) in [4.78, 5) is 14.8. The quantitative estimate of drug-likeness (QED) is 0.926. The maximum atomic E-state index is 12.7. The monoisotopic (exact) mass is 302 g/mol. The number of aryl methyl sites for hydroxylation is 1. The number of nitrogens with one attached hydrogen (secondary N) is 1. The molecule has 0 aliphatic carbocycles. The molecule has 2 fully saturated rings. The molecule has 1 amide bonds. The third-order valence-electron chi connectivity index (χ3n) is 4.82. The lowest BCUT2D eigenvalue weighted by Gasteiger charge is -2.37. The summed E-state index contributed by atoms with van der Waals surface area (Å²) in [6, 6.07) is 8.87. The maximum absolute atomic E-state index is 12.7. The van der Waals surface area contributed by atoms with Crippen LogP contribution < -0.4 is 5.32 Å². The summed E-state index contributed by atoms with van der Waals surface area (Å²) in [5.41, 5.74) is 2.58. The minimum absolute atomic E-state index is 0.162. The molecule has 2 heterocycles. The zero-order valence-electron chi connectivity index (χ0n) is 13.4. The van der Waals surface area contributed by atoms with Crippen LogP contribution in [0.3, 0.4) is 0 Å². The predicted octanol–water partition coefficient (Wildman–Crippen LogP) is 2.15. The lowest BCUT2D eigenvalue weighted by molar-refractivity contribution is -0.135. The van der Waals surface area contributed by atoms with E-state index in [1.807, 2.05) is 0 Å². The maximum Gasteiger partial charge on any atom is 0.223 e. The molecule has 4 heteroatoms. The van der Waals surface area contributed by atoms with E-state index in [0.717, 1.165) is 45.7 Å². The first-order valence-corrected chi connectivity index (χ1v) is 8.44. The van der Waals surface area contributed by atoms with Crippen LogP contribution in [-0.4, -0.2) is 43.7 Å². The number of hydrogen-bond donors (Lipinski definition) is 1. The van der Waals surface area contributed by atoms with E-state index in [1.54, 1.807) is 0 Å². The molecule has 2 atom stereocenters. The third-order valence-corrected chi connectivity index (χ3v) is 4.82. The van der Waals surface area contributed by atoms with Gasteiger partial charge in [-0.2, -0.15) is 0 Å². The lowest BCUT2D eigenvalue weighted by atomic mass is 9.98. The highest BCUT2D eigenvalue weighted by molar-refractivity contribution is 5.77. The molecular formula is C18H26N2O2. The topological polar surface area (TPSA) is 41.6 Å². The van der Waals surface area contributed by atoms with Gasteiger partial charge in [0.1, 0.15) is 0 Å². The number of carbonyl (C=O) groups is 1. The molecule has 2 saturated heterocycles. The Bertz CT molecular complexity index is 494.